The van der Waals surface area contributed by atoms with Crippen LogP contribution >= 0.6 is 0 Å². The van der Waals surface area contributed by atoms with Gasteiger partial charge in [0.05, 0.1) is 7.11 Å². The molecule has 0 unspecified atom stereocenters. The Morgan fingerprint density at radius 1 is 1.35 bits per heavy atom. The molecule has 20 heavy (non-hydrogen) atoms. The van der Waals surface area contributed by atoms with Crippen LogP contribution in [0.15, 0.2) is 18.2 Å². The molecule has 0 bridgehead atoms. The van der Waals surface area contributed by atoms with Crippen molar-refractivity contribution in [2.75, 3.05) is 33.8 Å². The molecule has 0 saturated carbocycles. The molecule has 1 fully saturated rings. The lowest BCUT2D eigenvalue weighted by Crippen LogP contribution is -2.41. The summed E-state index contributed by atoms with van der Waals surface area (Å²) in [5.41, 5.74) is 1.25. The average molecular weight is 278 g/mol. The highest BCUT2D eigenvalue weighted by Gasteiger charge is 2.28. The van der Waals surface area contributed by atoms with Crippen molar-refractivity contribution < 1.29 is 9.84 Å². The average Bonchev–Trinajstić information content (AvgIpc) is 2.44. The molecular weight excluding hydrogens is 252 g/mol. The van der Waals surface area contributed by atoms with Gasteiger partial charge in [0, 0.05) is 18.7 Å². The van der Waals surface area contributed by atoms with Crippen molar-refractivity contribution in [2.45, 2.75) is 26.3 Å². The molecule has 0 atom stereocenters. The molecule has 1 aromatic rings. The number of ether oxygens (including phenoxy) is 1. The van der Waals surface area contributed by atoms with Crippen LogP contribution in [0.5, 0.6) is 11.5 Å². The molecule has 0 aromatic heterocycles. The highest BCUT2D eigenvalue weighted by atomic mass is 16.5. The SMILES string of the molecule is COc1cccc(CNCC2(C)CCN(C)CC2)c1O. The number of methoxy groups -OCH3 is 1. The molecule has 4 heteroatoms. The molecule has 1 aliphatic rings. The highest BCUT2D eigenvalue weighted by molar-refractivity contribution is 5.45. The Balaban J connectivity index is 1.87. The van der Waals surface area contributed by atoms with E-state index in [0.717, 1.165) is 12.1 Å². The quantitative estimate of drug-likeness (QED) is 0.867. The molecule has 1 heterocycles. The third-order valence-corrected chi connectivity index (χ3v) is 4.36. The third-order valence-electron chi connectivity index (χ3n) is 4.36. The first-order valence-electron chi connectivity index (χ1n) is 7.28. The number of rotatable bonds is 5. The lowest BCUT2D eigenvalue weighted by molar-refractivity contribution is 0.136. The fraction of sp³-hybridized carbons (Fsp3) is 0.625. The first kappa shape index (κ1) is 15.1. The molecule has 2 N–H and O–H groups in total. The second-order valence-electron chi connectivity index (χ2n) is 6.19. The van der Waals surface area contributed by atoms with Crippen molar-refractivity contribution in [3.05, 3.63) is 23.8 Å². The van der Waals surface area contributed by atoms with Crippen LogP contribution in [0.4, 0.5) is 0 Å². The van der Waals surface area contributed by atoms with Gasteiger partial charge in [-0.25, -0.2) is 0 Å². The first-order valence-corrected chi connectivity index (χ1v) is 7.28. The molecule has 1 aromatic carbocycles. The van der Waals surface area contributed by atoms with E-state index < -0.39 is 0 Å². The van der Waals surface area contributed by atoms with Crippen LogP contribution < -0.4 is 10.1 Å². The maximum absolute atomic E-state index is 10.1. The van der Waals surface area contributed by atoms with Crippen LogP contribution in [-0.2, 0) is 6.54 Å². The summed E-state index contributed by atoms with van der Waals surface area (Å²) in [7, 11) is 3.76. The van der Waals surface area contributed by atoms with Crippen molar-refractivity contribution in [3.8, 4) is 11.5 Å². The Kier molecular flexibility index (Phi) is 4.89. The maximum Gasteiger partial charge on any atom is 0.162 e. The number of hydrogen-bond donors (Lipinski definition) is 2. The van der Waals surface area contributed by atoms with Gasteiger partial charge in [0.1, 0.15) is 0 Å². The van der Waals surface area contributed by atoms with Crippen molar-refractivity contribution in [1.29, 1.82) is 0 Å². The van der Waals surface area contributed by atoms with Gasteiger partial charge in [0.25, 0.3) is 0 Å². The summed E-state index contributed by atoms with van der Waals surface area (Å²) in [4.78, 5) is 2.38. The zero-order valence-electron chi connectivity index (χ0n) is 12.8. The minimum atomic E-state index is 0.246. The van der Waals surface area contributed by atoms with E-state index in [1.54, 1.807) is 13.2 Å². The van der Waals surface area contributed by atoms with Gasteiger partial charge in [-0.2, -0.15) is 0 Å². The van der Waals surface area contributed by atoms with Gasteiger partial charge < -0.3 is 20.1 Å². The Morgan fingerprint density at radius 2 is 2.05 bits per heavy atom. The summed E-state index contributed by atoms with van der Waals surface area (Å²) in [6, 6.07) is 5.62. The number of benzene rings is 1. The van der Waals surface area contributed by atoms with E-state index in [9.17, 15) is 5.11 Å². The molecular formula is C16H26N2O2. The lowest BCUT2D eigenvalue weighted by atomic mass is 9.80. The normalized spacial score (nSPS) is 18.9. The van der Waals surface area contributed by atoms with Gasteiger partial charge in [-0.1, -0.05) is 19.1 Å². The highest BCUT2D eigenvalue weighted by Crippen LogP contribution is 2.31. The summed E-state index contributed by atoms with van der Waals surface area (Å²) >= 11 is 0. The van der Waals surface area contributed by atoms with Crippen LogP contribution in [-0.4, -0.2) is 43.8 Å². The van der Waals surface area contributed by atoms with Crippen molar-refractivity contribution in [3.63, 3.8) is 0 Å². The van der Waals surface area contributed by atoms with Crippen LogP contribution in [0.25, 0.3) is 0 Å². The van der Waals surface area contributed by atoms with E-state index in [1.165, 1.54) is 25.9 Å². The fourth-order valence-corrected chi connectivity index (χ4v) is 2.71. The molecule has 0 radical (unpaired) electrons. The zero-order chi connectivity index (χ0) is 14.6. The number of piperidine rings is 1. The number of nitrogens with zero attached hydrogens (tertiary/aromatic N) is 1. The van der Waals surface area contributed by atoms with Crippen LogP contribution in [0, 0.1) is 5.41 Å². The second-order valence-corrected chi connectivity index (χ2v) is 6.19. The van der Waals surface area contributed by atoms with Gasteiger partial charge in [0.15, 0.2) is 11.5 Å². The largest absolute Gasteiger partial charge is 0.504 e. The van der Waals surface area contributed by atoms with E-state index in [1.807, 2.05) is 12.1 Å². The molecule has 0 aliphatic carbocycles. The minimum Gasteiger partial charge on any atom is -0.504 e. The molecule has 4 nitrogen and oxygen atoms in total. The van der Waals surface area contributed by atoms with E-state index in [-0.39, 0.29) is 5.75 Å². The van der Waals surface area contributed by atoms with E-state index in [4.69, 9.17) is 4.74 Å². The van der Waals surface area contributed by atoms with E-state index in [2.05, 4.69) is 24.2 Å². The van der Waals surface area contributed by atoms with E-state index in [0.29, 0.717) is 17.7 Å². The molecule has 0 amide bonds. The molecule has 1 aliphatic heterocycles. The number of phenolic OH excluding ortho intramolecular Hbond substituents is 1. The monoisotopic (exact) mass is 278 g/mol. The Morgan fingerprint density at radius 3 is 2.70 bits per heavy atom. The lowest BCUT2D eigenvalue weighted by Gasteiger charge is -2.38. The van der Waals surface area contributed by atoms with Crippen molar-refractivity contribution >= 4 is 0 Å². The molecule has 1 saturated heterocycles. The van der Waals surface area contributed by atoms with Crippen LogP contribution in [0.2, 0.25) is 0 Å². The van der Waals surface area contributed by atoms with Gasteiger partial charge in [-0.15, -0.1) is 0 Å². The number of likely N-dealkylation sites (tertiary alicyclic amines) is 1. The van der Waals surface area contributed by atoms with Gasteiger partial charge in [0.2, 0.25) is 0 Å². The Labute approximate surface area is 121 Å². The number of hydrogen-bond acceptors (Lipinski definition) is 4. The van der Waals surface area contributed by atoms with Gasteiger partial charge in [-0.3, -0.25) is 0 Å². The summed E-state index contributed by atoms with van der Waals surface area (Å²) in [5, 5.41) is 13.5. The molecule has 112 valence electrons. The maximum atomic E-state index is 10.1. The number of aromatic hydroxyl groups is 1. The Hall–Kier alpha value is -1.26. The third kappa shape index (κ3) is 3.64. The minimum absolute atomic E-state index is 0.246. The predicted octanol–water partition coefficient (Wildman–Crippen LogP) is 2.22. The first-order chi connectivity index (χ1) is 9.54. The standard InChI is InChI=1S/C16H26N2O2/c1-16(7-9-18(2)10-8-16)12-17-11-13-5-4-6-14(20-3)15(13)19/h4-6,17,19H,7-12H2,1-3H3. The summed E-state index contributed by atoms with van der Waals surface area (Å²) in [5.74, 6) is 0.783. The van der Waals surface area contributed by atoms with E-state index >= 15 is 0 Å². The van der Waals surface area contributed by atoms with Gasteiger partial charge in [-0.05, 0) is 44.5 Å². The summed E-state index contributed by atoms with van der Waals surface area (Å²) in [6.45, 7) is 6.34. The van der Waals surface area contributed by atoms with Crippen molar-refractivity contribution in [2.24, 2.45) is 5.41 Å². The molecule has 2 rings (SSSR count). The fourth-order valence-electron chi connectivity index (χ4n) is 2.71. The smallest absolute Gasteiger partial charge is 0.162 e. The van der Waals surface area contributed by atoms with Crippen molar-refractivity contribution in [1.82, 2.24) is 10.2 Å². The zero-order valence-corrected chi connectivity index (χ0v) is 12.8. The molecule has 0 spiro atoms. The van der Waals surface area contributed by atoms with Gasteiger partial charge >= 0.3 is 0 Å². The number of para-hydroxylation sites is 1. The van der Waals surface area contributed by atoms with Crippen LogP contribution in [0.1, 0.15) is 25.3 Å². The Bertz CT molecular complexity index is 440. The van der Waals surface area contributed by atoms with Crippen LogP contribution in [0.3, 0.4) is 0 Å². The summed E-state index contributed by atoms with van der Waals surface area (Å²) < 4.78 is 5.13. The number of nitrogens with one attached hydrogen (secondary N) is 1. The second kappa shape index (κ2) is 6.46. The summed E-state index contributed by atoms with van der Waals surface area (Å²) in [6.07, 6.45) is 2.45. The predicted molar refractivity (Wildman–Crippen MR) is 81.2 cm³/mol. The topological polar surface area (TPSA) is 44.7 Å². The number of phenols is 1.